The molecule has 1 atom stereocenters. The highest BCUT2D eigenvalue weighted by atomic mass is 16.6. The fraction of sp³-hybridized carbons (Fsp3) is 0.429. The summed E-state index contributed by atoms with van der Waals surface area (Å²) in [5.74, 6) is -2.32. The zero-order valence-electron chi connectivity index (χ0n) is 8.08. The number of hydrogen-bond acceptors (Lipinski definition) is 7. The van der Waals surface area contributed by atoms with Gasteiger partial charge in [-0.15, -0.1) is 0 Å². The lowest BCUT2D eigenvalue weighted by molar-refractivity contribution is -0.139. The van der Waals surface area contributed by atoms with E-state index in [1.807, 2.05) is 0 Å². The lowest BCUT2D eigenvalue weighted by Gasteiger charge is -2.11. The van der Waals surface area contributed by atoms with Gasteiger partial charge in [-0.2, -0.15) is 0 Å². The number of nitrogen functional groups attached to an aromatic ring is 1. The van der Waals surface area contributed by atoms with Crippen LogP contribution in [-0.4, -0.2) is 45.1 Å². The molecule has 16 heavy (non-hydrogen) atoms. The van der Waals surface area contributed by atoms with Crippen LogP contribution in [0.2, 0.25) is 0 Å². The number of nitrogens with zero attached hydrogens (tertiary/aromatic N) is 2. The zero-order valence-corrected chi connectivity index (χ0v) is 8.08. The Morgan fingerprint density at radius 1 is 1.50 bits per heavy atom. The first-order valence-electron chi connectivity index (χ1n) is 4.28. The molecule has 1 aromatic heterocycles. The van der Waals surface area contributed by atoms with Gasteiger partial charge in [0.25, 0.3) is 5.91 Å². The number of rotatable bonds is 5. The van der Waals surface area contributed by atoms with Crippen molar-refractivity contribution in [1.82, 2.24) is 15.6 Å². The maximum Gasteiger partial charge on any atom is 0.326 e. The maximum absolute atomic E-state index is 11.4. The van der Waals surface area contributed by atoms with Gasteiger partial charge in [-0.1, -0.05) is 0 Å². The number of aromatic nitrogens is 2. The molecule has 0 radical (unpaired) electrons. The van der Waals surface area contributed by atoms with Crippen molar-refractivity contribution >= 4 is 17.7 Å². The van der Waals surface area contributed by atoms with Crippen molar-refractivity contribution in [2.24, 2.45) is 0 Å². The number of amides is 1. The molecular formula is C7H10N4O5. The summed E-state index contributed by atoms with van der Waals surface area (Å²) in [6.07, 6.45) is -0.119. The third-order valence-electron chi connectivity index (χ3n) is 1.75. The predicted octanol–water partition coefficient (Wildman–Crippen LogP) is -1.78. The highest BCUT2D eigenvalue weighted by Crippen LogP contribution is 2.04. The third-order valence-corrected chi connectivity index (χ3v) is 1.75. The average Bonchev–Trinajstić information content (AvgIpc) is 2.63. The zero-order chi connectivity index (χ0) is 12.1. The van der Waals surface area contributed by atoms with E-state index in [0.29, 0.717) is 0 Å². The monoisotopic (exact) mass is 230 g/mol. The molecule has 1 rings (SSSR count). The SMILES string of the molecule is Nc1nonc1C(=O)NC(CCO)C(=O)O. The number of aliphatic hydroxyl groups is 1. The summed E-state index contributed by atoms with van der Waals surface area (Å²) in [6, 6.07) is -1.21. The van der Waals surface area contributed by atoms with Gasteiger partial charge in [0.1, 0.15) is 6.04 Å². The lowest BCUT2D eigenvalue weighted by Crippen LogP contribution is -2.41. The van der Waals surface area contributed by atoms with Gasteiger partial charge >= 0.3 is 5.97 Å². The summed E-state index contributed by atoms with van der Waals surface area (Å²) < 4.78 is 4.19. The van der Waals surface area contributed by atoms with Gasteiger partial charge in [0.15, 0.2) is 0 Å². The molecule has 0 aliphatic carbocycles. The quantitative estimate of drug-likeness (QED) is 0.463. The predicted molar refractivity (Wildman–Crippen MR) is 49.3 cm³/mol. The van der Waals surface area contributed by atoms with Gasteiger partial charge in [-0.25, -0.2) is 9.42 Å². The second-order valence-electron chi connectivity index (χ2n) is 2.87. The second-order valence-corrected chi connectivity index (χ2v) is 2.87. The summed E-state index contributed by atoms with van der Waals surface area (Å²) in [5.41, 5.74) is 4.95. The van der Waals surface area contributed by atoms with E-state index in [4.69, 9.17) is 15.9 Å². The van der Waals surface area contributed by atoms with Crippen molar-refractivity contribution in [3.63, 3.8) is 0 Å². The minimum absolute atomic E-state index is 0.119. The van der Waals surface area contributed by atoms with Crippen molar-refractivity contribution in [3.8, 4) is 0 Å². The Bertz CT molecular complexity index is 390. The summed E-state index contributed by atoms with van der Waals surface area (Å²) in [7, 11) is 0. The average molecular weight is 230 g/mol. The van der Waals surface area contributed by atoms with Gasteiger partial charge in [0.2, 0.25) is 11.5 Å². The van der Waals surface area contributed by atoms with E-state index < -0.39 is 17.9 Å². The third kappa shape index (κ3) is 2.67. The Morgan fingerprint density at radius 2 is 2.19 bits per heavy atom. The highest BCUT2D eigenvalue weighted by Gasteiger charge is 2.23. The van der Waals surface area contributed by atoms with Crippen molar-refractivity contribution < 1.29 is 24.4 Å². The smallest absolute Gasteiger partial charge is 0.326 e. The van der Waals surface area contributed by atoms with E-state index in [0.717, 1.165) is 0 Å². The molecule has 88 valence electrons. The summed E-state index contributed by atoms with van der Waals surface area (Å²) in [6.45, 7) is -0.371. The van der Waals surface area contributed by atoms with E-state index in [9.17, 15) is 9.59 Å². The van der Waals surface area contributed by atoms with Crippen molar-refractivity contribution in [1.29, 1.82) is 0 Å². The first-order chi connectivity index (χ1) is 7.56. The van der Waals surface area contributed by atoms with E-state index in [1.54, 1.807) is 0 Å². The van der Waals surface area contributed by atoms with Crippen LogP contribution in [-0.2, 0) is 4.79 Å². The van der Waals surface area contributed by atoms with E-state index in [2.05, 4.69) is 20.3 Å². The molecule has 0 aliphatic heterocycles. The van der Waals surface area contributed by atoms with Crippen molar-refractivity contribution in [2.75, 3.05) is 12.3 Å². The Labute approximate surface area is 89.2 Å². The molecule has 1 aromatic rings. The van der Waals surface area contributed by atoms with Crippen LogP contribution in [0.4, 0.5) is 5.82 Å². The molecule has 1 heterocycles. The molecule has 0 spiro atoms. The fourth-order valence-corrected chi connectivity index (χ4v) is 0.966. The van der Waals surface area contributed by atoms with Crippen LogP contribution in [0.3, 0.4) is 0 Å². The van der Waals surface area contributed by atoms with Crippen LogP contribution < -0.4 is 11.1 Å². The first kappa shape index (κ1) is 11.9. The maximum atomic E-state index is 11.4. The van der Waals surface area contributed by atoms with Crippen LogP contribution in [0, 0.1) is 0 Å². The normalized spacial score (nSPS) is 12.1. The van der Waals surface area contributed by atoms with Crippen LogP contribution in [0.5, 0.6) is 0 Å². The number of carboxylic acid groups (broad SMARTS) is 1. The van der Waals surface area contributed by atoms with Crippen LogP contribution in [0.1, 0.15) is 16.9 Å². The Balaban J connectivity index is 2.69. The van der Waals surface area contributed by atoms with Crippen LogP contribution >= 0.6 is 0 Å². The molecule has 5 N–H and O–H groups in total. The molecule has 0 aliphatic rings. The number of aliphatic carboxylic acids is 1. The largest absolute Gasteiger partial charge is 0.480 e. The molecule has 0 saturated heterocycles. The minimum Gasteiger partial charge on any atom is -0.480 e. The summed E-state index contributed by atoms with van der Waals surface area (Å²) in [4.78, 5) is 22.1. The molecule has 9 nitrogen and oxygen atoms in total. The van der Waals surface area contributed by atoms with Crippen molar-refractivity contribution in [3.05, 3.63) is 5.69 Å². The number of carbonyl (C=O) groups excluding carboxylic acids is 1. The summed E-state index contributed by atoms with van der Waals surface area (Å²) in [5, 5.41) is 25.8. The van der Waals surface area contributed by atoms with Gasteiger partial charge < -0.3 is 21.3 Å². The van der Waals surface area contributed by atoms with Crippen LogP contribution in [0.15, 0.2) is 4.63 Å². The van der Waals surface area contributed by atoms with E-state index in [1.165, 1.54) is 0 Å². The number of carbonyl (C=O) groups is 2. The number of nitrogens with two attached hydrogens (primary N) is 1. The minimum atomic E-state index is -1.27. The number of aliphatic hydroxyl groups excluding tert-OH is 1. The number of anilines is 1. The standard InChI is InChI=1S/C7H10N4O5/c8-5-4(10-16-11-5)6(13)9-3(1-2-12)7(14)15/h3,12H,1-2H2,(H2,8,11)(H,9,13)(H,14,15). The Morgan fingerprint density at radius 3 is 2.62 bits per heavy atom. The molecule has 0 fully saturated rings. The fourth-order valence-electron chi connectivity index (χ4n) is 0.966. The van der Waals surface area contributed by atoms with Crippen LogP contribution in [0.25, 0.3) is 0 Å². The van der Waals surface area contributed by atoms with Gasteiger partial charge in [0, 0.05) is 13.0 Å². The summed E-state index contributed by atoms with van der Waals surface area (Å²) >= 11 is 0. The lowest BCUT2D eigenvalue weighted by atomic mass is 10.2. The van der Waals surface area contributed by atoms with E-state index in [-0.39, 0.29) is 24.5 Å². The molecule has 9 heteroatoms. The van der Waals surface area contributed by atoms with Gasteiger partial charge in [0.05, 0.1) is 0 Å². The van der Waals surface area contributed by atoms with E-state index >= 15 is 0 Å². The first-order valence-corrected chi connectivity index (χ1v) is 4.28. The highest BCUT2D eigenvalue weighted by molar-refractivity contribution is 5.98. The Hall–Kier alpha value is -2.16. The molecule has 0 bridgehead atoms. The molecule has 1 unspecified atom stereocenters. The molecule has 0 aromatic carbocycles. The van der Waals surface area contributed by atoms with Gasteiger partial charge in [-0.05, 0) is 10.3 Å². The topological polar surface area (TPSA) is 152 Å². The molecular weight excluding hydrogens is 220 g/mol. The molecule has 1 amide bonds. The number of nitrogens with one attached hydrogen (secondary N) is 1. The number of hydrogen-bond donors (Lipinski definition) is 4. The molecule has 0 saturated carbocycles. The van der Waals surface area contributed by atoms with Gasteiger partial charge in [-0.3, -0.25) is 4.79 Å². The second kappa shape index (κ2) is 5.07. The van der Waals surface area contributed by atoms with Crippen molar-refractivity contribution in [2.45, 2.75) is 12.5 Å². The number of carboxylic acids is 1. The Kier molecular flexibility index (Phi) is 3.78.